The summed E-state index contributed by atoms with van der Waals surface area (Å²) in [5.41, 5.74) is 6.79. The van der Waals surface area contributed by atoms with Gasteiger partial charge in [0.05, 0.1) is 0 Å². The zero-order valence-corrected chi connectivity index (χ0v) is 10.1. The highest BCUT2D eigenvalue weighted by Gasteiger charge is 2.24. The maximum absolute atomic E-state index is 5.90. The van der Waals surface area contributed by atoms with E-state index in [1.165, 1.54) is 0 Å². The van der Waals surface area contributed by atoms with Crippen LogP contribution in [-0.4, -0.2) is 21.2 Å². The molecule has 0 aromatic carbocycles. The standard InChI is InChI=1S/C13H16N4O/c14-11-5-3-9(4-6-11)13-16-12(17-18-13)10-2-1-7-15-8-10/h1-2,7-9,11H,3-6,14H2. The lowest BCUT2D eigenvalue weighted by molar-refractivity contribution is 0.301. The van der Waals surface area contributed by atoms with E-state index in [1.54, 1.807) is 12.4 Å². The lowest BCUT2D eigenvalue weighted by atomic mass is 9.86. The van der Waals surface area contributed by atoms with Crippen molar-refractivity contribution in [2.45, 2.75) is 37.6 Å². The molecule has 0 unspecified atom stereocenters. The van der Waals surface area contributed by atoms with E-state index in [4.69, 9.17) is 10.3 Å². The number of hydrogen-bond acceptors (Lipinski definition) is 5. The number of pyridine rings is 1. The Labute approximate surface area is 105 Å². The molecule has 0 amide bonds. The lowest BCUT2D eigenvalue weighted by Crippen LogP contribution is -2.25. The second-order valence-corrected chi connectivity index (χ2v) is 4.81. The smallest absolute Gasteiger partial charge is 0.230 e. The van der Waals surface area contributed by atoms with Gasteiger partial charge in [0.1, 0.15) is 0 Å². The molecule has 1 aliphatic rings. The summed E-state index contributed by atoms with van der Waals surface area (Å²) in [7, 11) is 0. The third kappa shape index (κ3) is 2.26. The molecular weight excluding hydrogens is 228 g/mol. The normalized spacial score (nSPS) is 24.1. The summed E-state index contributed by atoms with van der Waals surface area (Å²) < 4.78 is 5.36. The predicted molar refractivity (Wildman–Crippen MR) is 66.7 cm³/mol. The highest BCUT2D eigenvalue weighted by atomic mass is 16.5. The molecule has 18 heavy (non-hydrogen) atoms. The summed E-state index contributed by atoms with van der Waals surface area (Å²) in [4.78, 5) is 8.53. The predicted octanol–water partition coefficient (Wildman–Crippen LogP) is 2.12. The zero-order valence-electron chi connectivity index (χ0n) is 10.1. The second kappa shape index (κ2) is 4.86. The van der Waals surface area contributed by atoms with Crippen LogP contribution in [-0.2, 0) is 0 Å². The first-order valence-electron chi connectivity index (χ1n) is 6.32. The quantitative estimate of drug-likeness (QED) is 0.875. The largest absolute Gasteiger partial charge is 0.339 e. The van der Waals surface area contributed by atoms with Crippen molar-refractivity contribution in [1.29, 1.82) is 0 Å². The number of nitrogens with two attached hydrogens (primary N) is 1. The molecule has 94 valence electrons. The van der Waals surface area contributed by atoms with Crippen LogP contribution < -0.4 is 5.73 Å². The van der Waals surface area contributed by atoms with Crippen molar-refractivity contribution >= 4 is 0 Å². The second-order valence-electron chi connectivity index (χ2n) is 4.81. The van der Waals surface area contributed by atoms with Crippen LogP contribution in [0.1, 0.15) is 37.5 Å². The number of rotatable bonds is 2. The van der Waals surface area contributed by atoms with Gasteiger partial charge >= 0.3 is 0 Å². The van der Waals surface area contributed by atoms with Gasteiger partial charge in [-0.25, -0.2) is 0 Å². The van der Waals surface area contributed by atoms with Gasteiger partial charge in [0, 0.05) is 29.9 Å². The van der Waals surface area contributed by atoms with Crippen LogP contribution in [0, 0.1) is 0 Å². The van der Waals surface area contributed by atoms with Crippen molar-refractivity contribution in [2.24, 2.45) is 5.73 Å². The number of hydrogen-bond donors (Lipinski definition) is 1. The van der Waals surface area contributed by atoms with Crippen LogP contribution >= 0.6 is 0 Å². The van der Waals surface area contributed by atoms with Crippen LogP contribution in [0.25, 0.3) is 11.4 Å². The Hall–Kier alpha value is -1.75. The van der Waals surface area contributed by atoms with E-state index < -0.39 is 0 Å². The Morgan fingerprint density at radius 2 is 2.06 bits per heavy atom. The van der Waals surface area contributed by atoms with Crippen LogP contribution in [0.4, 0.5) is 0 Å². The topological polar surface area (TPSA) is 77.8 Å². The molecule has 2 N–H and O–H groups in total. The van der Waals surface area contributed by atoms with Gasteiger partial charge < -0.3 is 10.3 Å². The molecule has 2 aromatic rings. The van der Waals surface area contributed by atoms with Crippen LogP contribution in [0.5, 0.6) is 0 Å². The SMILES string of the molecule is NC1CCC(c2nc(-c3cccnc3)no2)CC1. The third-order valence-corrected chi connectivity index (χ3v) is 3.48. The van der Waals surface area contributed by atoms with Gasteiger partial charge in [-0.1, -0.05) is 5.16 Å². The minimum atomic E-state index is 0.335. The first kappa shape index (κ1) is 11.3. The molecule has 3 rings (SSSR count). The van der Waals surface area contributed by atoms with Gasteiger partial charge in [0.2, 0.25) is 11.7 Å². The van der Waals surface area contributed by atoms with Crippen molar-refractivity contribution in [2.75, 3.05) is 0 Å². The van der Waals surface area contributed by atoms with Crippen LogP contribution in [0.15, 0.2) is 29.0 Å². The average molecular weight is 244 g/mol. The van der Waals surface area contributed by atoms with E-state index in [1.807, 2.05) is 12.1 Å². The van der Waals surface area contributed by atoms with Crippen molar-refractivity contribution in [1.82, 2.24) is 15.1 Å². The molecule has 1 fully saturated rings. The molecule has 2 heterocycles. The summed E-state index contributed by atoms with van der Waals surface area (Å²) in [5, 5.41) is 4.02. The van der Waals surface area contributed by atoms with E-state index in [-0.39, 0.29) is 0 Å². The molecule has 0 aliphatic heterocycles. The van der Waals surface area contributed by atoms with Crippen molar-refractivity contribution in [3.05, 3.63) is 30.4 Å². The molecular formula is C13H16N4O. The Morgan fingerprint density at radius 3 is 2.78 bits per heavy atom. The molecule has 1 aliphatic carbocycles. The molecule has 0 radical (unpaired) electrons. The van der Waals surface area contributed by atoms with E-state index in [0.717, 1.165) is 37.1 Å². The Bertz CT molecular complexity index is 503. The Kier molecular flexibility index (Phi) is 3.06. The van der Waals surface area contributed by atoms with Crippen molar-refractivity contribution < 1.29 is 4.52 Å². The van der Waals surface area contributed by atoms with Gasteiger partial charge in [-0.3, -0.25) is 4.98 Å². The molecule has 0 atom stereocenters. The molecule has 2 aromatic heterocycles. The third-order valence-electron chi connectivity index (χ3n) is 3.48. The van der Waals surface area contributed by atoms with E-state index in [9.17, 15) is 0 Å². The molecule has 0 saturated heterocycles. The van der Waals surface area contributed by atoms with Gasteiger partial charge in [-0.15, -0.1) is 0 Å². The first-order valence-corrected chi connectivity index (χ1v) is 6.32. The van der Waals surface area contributed by atoms with E-state index >= 15 is 0 Å². The summed E-state index contributed by atoms with van der Waals surface area (Å²) in [5.74, 6) is 1.72. The average Bonchev–Trinajstić information content (AvgIpc) is 2.90. The number of nitrogens with zero attached hydrogens (tertiary/aromatic N) is 3. The summed E-state index contributed by atoms with van der Waals surface area (Å²) in [6.07, 6.45) is 7.62. The fourth-order valence-electron chi connectivity index (χ4n) is 2.38. The molecule has 5 heteroatoms. The zero-order chi connectivity index (χ0) is 12.4. The highest BCUT2D eigenvalue weighted by molar-refractivity contribution is 5.51. The summed E-state index contributed by atoms with van der Waals surface area (Å²) in [6.45, 7) is 0. The van der Waals surface area contributed by atoms with Gasteiger partial charge in [0.15, 0.2) is 0 Å². The van der Waals surface area contributed by atoms with Crippen molar-refractivity contribution in [3.63, 3.8) is 0 Å². The maximum Gasteiger partial charge on any atom is 0.230 e. The minimum Gasteiger partial charge on any atom is -0.339 e. The minimum absolute atomic E-state index is 0.335. The number of aromatic nitrogens is 3. The van der Waals surface area contributed by atoms with Gasteiger partial charge in [0.25, 0.3) is 0 Å². The first-order chi connectivity index (χ1) is 8.83. The summed E-state index contributed by atoms with van der Waals surface area (Å²) >= 11 is 0. The maximum atomic E-state index is 5.90. The van der Waals surface area contributed by atoms with Gasteiger partial charge in [-0.2, -0.15) is 4.98 Å². The molecule has 1 saturated carbocycles. The highest BCUT2D eigenvalue weighted by Crippen LogP contribution is 2.32. The van der Waals surface area contributed by atoms with E-state index in [2.05, 4.69) is 15.1 Å². The summed E-state index contributed by atoms with van der Waals surface area (Å²) in [6, 6.07) is 4.13. The molecule has 5 nitrogen and oxygen atoms in total. The Balaban J connectivity index is 1.78. The van der Waals surface area contributed by atoms with Gasteiger partial charge in [-0.05, 0) is 37.8 Å². The van der Waals surface area contributed by atoms with E-state index in [0.29, 0.717) is 17.8 Å². The molecule has 0 bridgehead atoms. The van der Waals surface area contributed by atoms with Crippen molar-refractivity contribution in [3.8, 4) is 11.4 Å². The fraction of sp³-hybridized carbons (Fsp3) is 0.462. The van der Waals surface area contributed by atoms with Crippen LogP contribution in [0.3, 0.4) is 0 Å². The fourth-order valence-corrected chi connectivity index (χ4v) is 2.38. The molecule has 0 spiro atoms. The lowest BCUT2D eigenvalue weighted by Gasteiger charge is -2.22. The monoisotopic (exact) mass is 244 g/mol. The van der Waals surface area contributed by atoms with Crippen LogP contribution in [0.2, 0.25) is 0 Å². The Morgan fingerprint density at radius 1 is 1.22 bits per heavy atom.